The SMILES string of the molecule is CCNC(=NCc1ccccc1OC)NCCNC(=O)c1ccc(Br)cc1.I. The summed E-state index contributed by atoms with van der Waals surface area (Å²) in [4.78, 5) is 16.7. The highest BCUT2D eigenvalue weighted by Crippen LogP contribution is 2.17. The fourth-order valence-corrected chi connectivity index (χ4v) is 2.66. The number of aliphatic imine (C=N–C) groups is 1. The van der Waals surface area contributed by atoms with Crippen LogP contribution in [0.5, 0.6) is 5.75 Å². The van der Waals surface area contributed by atoms with Gasteiger partial charge in [-0.1, -0.05) is 34.1 Å². The van der Waals surface area contributed by atoms with E-state index < -0.39 is 0 Å². The van der Waals surface area contributed by atoms with Gasteiger partial charge in [-0.15, -0.1) is 24.0 Å². The van der Waals surface area contributed by atoms with Crippen LogP contribution in [0.25, 0.3) is 0 Å². The molecular weight excluding hydrogens is 535 g/mol. The molecule has 0 saturated carbocycles. The Balaban J connectivity index is 0.00000392. The van der Waals surface area contributed by atoms with E-state index in [0.717, 1.165) is 22.3 Å². The van der Waals surface area contributed by atoms with Crippen molar-refractivity contribution in [2.45, 2.75) is 13.5 Å². The quantitative estimate of drug-likeness (QED) is 0.200. The van der Waals surface area contributed by atoms with Crippen molar-refractivity contribution >= 4 is 51.8 Å². The van der Waals surface area contributed by atoms with E-state index in [4.69, 9.17) is 4.74 Å². The van der Waals surface area contributed by atoms with Crippen molar-refractivity contribution in [3.05, 3.63) is 64.1 Å². The van der Waals surface area contributed by atoms with Gasteiger partial charge in [0.25, 0.3) is 5.91 Å². The van der Waals surface area contributed by atoms with Crippen LogP contribution in [0, 0.1) is 0 Å². The average molecular weight is 561 g/mol. The summed E-state index contributed by atoms with van der Waals surface area (Å²) in [5.74, 6) is 1.42. The van der Waals surface area contributed by atoms with Crippen molar-refractivity contribution in [2.75, 3.05) is 26.7 Å². The number of methoxy groups -OCH3 is 1. The molecule has 0 heterocycles. The van der Waals surface area contributed by atoms with Crippen LogP contribution in [0.3, 0.4) is 0 Å². The molecule has 0 saturated heterocycles. The molecule has 0 aliphatic rings. The molecule has 0 aliphatic carbocycles. The van der Waals surface area contributed by atoms with Gasteiger partial charge in [0.1, 0.15) is 5.75 Å². The molecule has 0 bridgehead atoms. The number of rotatable bonds is 8. The van der Waals surface area contributed by atoms with Crippen LogP contribution in [0.4, 0.5) is 0 Å². The molecule has 0 atom stereocenters. The Morgan fingerprint density at radius 1 is 1.04 bits per heavy atom. The molecule has 0 fully saturated rings. The maximum atomic E-state index is 12.1. The van der Waals surface area contributed by atoms with Gasteiger partial charge in [0.05, 0.1) is 13.7 Å². The number of carbonyl (C=O) groups excluding carboxylic acids is 1. The Morgan fingerprint density at radius 2 is 1.71 bits per heavy atom. The van der Waals surface area contributed by atoms with E-state index in [9.17, 15) is 4.79 Å². The number of nitrogens with one attached hydrogen (secondary N) is 3. The second-order valence-electron chi connectivity index (χ2n) is 5.70. The number of ether oxygens (including phenoxy) is 1. The van der Waals surface area contributed by atoms with Crippen LogP contribution in [0.1, 0.15) is 22.8 Å². The van der Waals surface area contributed by atoms with Crippen molar-refractivity contribution in [3.8, 4) is 5.75 Å². The van der Waals surface area contributed by atoms with Crippen LogP contribution < -0.4 is 20.7 Å². The minimum atomic E-state index is -0.0970. The standard InChI is InChI=1S/C20H25BrN4O2.HI/c1-3-22-20(25-14-16-6-4-5-7-18(16)27-2)24-13-12-23-19(26)15-8-10-17(21)11-9-15;/h4-11H,3,12-14H2,1-2H3,(H,23,26)(H2,22,24,25);1H. The predicted molar refractivity (Wildman–Crippen MR) is 128 cm³/mol. The molecule has 3 N–H and O–H groups in total. The number of guanidine groups is 1. The molecule has 0 unspecified atom stereocenters. The van der Waals surface area contributed by atoms with Crippen LogP contribution in [0.2, 0.25) is 0 Å². The molecule has 8 heteroatoms. The first-order valence-corrected chi connectivity index (χ1v) is 9.61. The minimum Gasteiger partial charge on any atom is -0.496 e. The summed E-state index contributed by atoms with van der Waals surface area (Å²) in [5, 5.41) is 9.31. The van der Waals surface area contributed by atoms with Crippen molar-refractivity contribution in [1.82, 2.24) is 16.0 Å². The molecule has 2 aromatic rings. The molecule has 6 nitrogen and oxygen atoms in total. The minimum absolute atomic E-state index is 0. The zero-order valence-electron chi connectivity index (χ0n) is 16.0. The average Bonchev–Trinajstić information content (AvgIpc) is 2.69. The molecule has 152 valence electrons. The van der Waals surface area contributed by atoms with Gasteiger partial charge >= 0.3 is 0 Å². The first kappa shape index (κ1) is 24.2. The van der Waals surface area contributed by atoms with E-state index in [1.165, 1.54) is 0 Å². The molecule has 2 aromatic carbocycles. The van der Waals surface area contributed by atoms with Crippen LogP contribution in [-0.2, 0) is 6.54 Å². The first-order valence-electron chi connectivity index (χ1n) is 8.82. The Labute approximate surface area is 191 Å². The monoisotopic (exact) mass is 560 g/mol. The second kappa shape index (κ2) is 13.4. The van der Waals surface area contributed by atoms with E-state index >= 15 is 0 Å². The predicted octanol–water partition coefficient (Wildman–Crippen LogP) is 3.56. The number of hydrogen-bond donors (Lipinski definition) is 3. The Bertz CT molecular complexity index is 769. The molecule has 1 amide bonds. The number of benzene rings is 2. The number of nitrogens with zero attached hydrogens (tertiary/aromatic N) is 1. The van der Waals surface area contributed by atoms with Crippen molar-refractivity contribution in [3.63, 3.8) is 0 Å². The van der Waals surface area contributed by atoms with E-state index in [-0.39, 0.29) is 29.9 Å². The number of carbonyl (C=O) groups is 1. The summed E-state index contributed by atoms with van der Waals surface area (Å²) in [5.41, 5.74) is 1.65. The maximum absolute atomic E-state index is 12.1. The summed E-state index contributed by atoms with van der Waals surface area (Å²) >= 11 is 3.36. The Morgan fingerprint density at radius 3 is 2.39 bits per heavy atom. The highest BCUT2D eigenvalue weighted by molar-refractivity contribution is 14.0. The number of halogens is 2. The topological polar surface area (TPSA) is 74.8 Å². The lowest BCUT2D eigenvalue weighted by Crippen LogP contribution is -2.41. The molecule has 0 aliphatic heterocycles. The second-order valence-corrected chi connectivity index (χ2v) is 6.61. The van der Waals surface area contributed by atoms with Crippen LogP contribution in [-0.4, -0.2) is 38.6 Å². The fourth-order valence-electron chi connectivity index (χ4n) is 2.40. The van der Waals surface area contributed by atoms with Crippen molar-refractivity contribution in [1.29, 1.82) is 0 Å². The van der Waals surface area contributed by atoms with Gasteiger partial charge in [-0.2, -0.15) is 0 Å². The lowest BCUT2D eigenvalue weighted by atomic mass is 10.2. The van der Waals surface area contributed by atoms with Crippen molar-refractivity contribution < 1.29 is 9.53 Å². The van der Waals surface area contributed by atoms with Gasteiger partial charge < -0.3 is 20.7 Å². The number of amides is 1. The normalized spacial score (nSPS) is 10.6. The Hall–Kier alpha value is -1.81. The van der Waals surface area contributed by atoms with Gasteiger partial charge in [-0.05, 0) is 37.3 Å². The third-order valence-corrected chi connectivity index (χ3v) is 4.28. The highest BCUT2D eigenvalue weighted by Gasteiger charge is 2.05. The number of para-hydroxylation sites is 1. The first-order chi connectivity index (χ1) is 13.1. The number of hydrogen-bond acceptors (Lipinski definition) is 3. The van der Waals surface area contributed by atoms with E-state index in [0.29, 0.717) is 31.2 Å². The van der Waals surface area contributed by atoms with E-state index in [2.05, 4.69) is 36.9 Å². The van der Waals surface area contributed by atoms with Gasteiger partial charge in [0, 0.05) is 35.2 Å². The van der Waals surface area contributed by atoms with Crippen LogP contribution >= 0.6 is 39.9 Å². The van der Waals surface area contributed by atoms with E-state index in [1.807, 2.05) is 43.3 Å². The molecule has 0 radical (unpaired) electrons. The fraction of sp³-hybridized carbons (Fsp3) is 0.300. The Kier molecular flexibility index (Phi) is 11.6. The molecule has 28 heavy (non-hydrogen) atoms. The maximum Gasteiger partial charge on any atom is 0.251 e. The molecular formula is C20H26BrIN4O2. The smallest absolute Gasteiger partial charge is 0.251 e. The lowest BCUT2D eigenvalue weighted by Gasteiger charge is -2.12. The summed E-state index contributed by atoms with van der Waals surface area (Å²) in [7, 11) is 1.65. The van der Waals surface area contributed by atoms with Crippen molar-refractivity contribution in [2.24, 2.45) is 4.99 Å². The molecule has 2 rings (SSSR count). The zero-order chi connectivity index (χ0) is 19.5. The summed E-state index contributed by atoms with van der Waals surface area (Å²) in [6, 6.07) is 15.1. The van der Waals surface area contributed by atoms with Gasteiger partial charge in [-0.3, -0.25) is 4.79 Å². The van der Waals surface area contributed by atoms with E-state index in [1.54, 1.807) is 19.2 Å². The van der Waals surface area contributed by atoms with Gasteiger partial charge in [0.15, 0.2) is 5.96 Å². The zero-order valence-corrected chi connectivity index (χ0v) is 19.9. The molecule has 0 aromatic heterocycles. The van der Waals surface area contributed by atoms with Gasteiger partial charge in [0.2, 0.25) is 0 Å². The summed E-state index contributed by atoms with van der Waals surface area (Å²) < 4.78 is 6.30. The van der Waals surface area contributed by atoms with Gasteiger partial charge in [-0.25, -0.2) is 4.99 Å². The summed E-state index contributed by atoms with van der Waals surface area (Å²) in [6.07, 6.45) is 0. The third kappa shape index (κ3) is 8.05. The largest absolute Gasteiger partial charge is 0.496 e. The summed E-state index contributed by atoms with van der Waals surface area (Å²) in [6.45, 7) is 4.33. The lowest BCUT2D eigenvalue weighted by molar-refractivity contribution is 0.0954. The highest BCUT2D eigenvalue weighted by atomic mass is 127. The molecule has 0 spiro atoms. The van der Waals surface area contributed by atoms with Crippen LogP contribution in [0.15, 0.2) is 58.0 Å². The third-order valence-electron chi connectivity index (χ3n) is 3.75.